The first kappa shape index (κ1) is 15.4. The number of carbonyl (C=O) groups excluding carboxylic acids is 1. The Morgan fingerprint density at radius 1 is 1.33 bits per heavy atom. The van der Waals surface area contributed by atoms with Crippen LogP contribution >= 0.6 is 23.4 Å². The van der Waals surface area contributed by atoms with E-state index in [1.165, 1.54) is 11.8 Å². The third-order valence-corrected chi connectivity index (χ3v) is 3.81. The van der Waals surface area contributed by atoms with Gasteiger partial charge in [-0.25, -0.2) is 4.98 Å². The van der Waals surface area contributed by atoms with E-state index in [0.717, 1.165) is 11.3 Å². The van der Waals surface area contributed by atoms with Gasteiger partial charge in [0.15, 0.2) is 0 Å². The van der Waals surface area contributed by atoms with Gasteiger partial charge < -0.3 is 5.32 Å². The summed E-state index contributed by atoms with van der Waals surface area (Å²) >= 11 is 7.25. The summed E-state index contributed by atoms with van der Waals surface area (Å²) in [4.78, 5) is 15.6. The highest BCUT2D eigenvalue weighted by molar-refractivity contribution is 7.99. The van der Waals surface area contributed by atoms with Crippen molar-refractivity contribution >= 4 is 35.0 Å². The molecular weight excluding hydrogens is 306 g/mol. The summed E-state index contributed by atoms with van der Waals surface area (Å²) < 4.78 is 0. The van der Waals surface area contributed by atoms with Gasteiger partial charge in [0.2, 0.25) is 5.91 Å². The SMILES string of the molecule is N#Cc1ccc(CSCC(=O)Nc2ccnc(Cl)c2)cc1. The van der Waals surface area contributed by atoms with Gasteiger partial charge in [-0.2, -0.15) is 5.26 Å². The fourth-order valence-corrected chi connectivity index (χ4v) is 2.58. The number of hydrogen-bond acceptors (Lipinski definition) is 4. The van der Waals surface area contributed by atoms with E-state index in [2.05, 4.69) is 16.4 Å². The minimum atomic E-state index is -0.0871. The number of anilines is 1. The van der Waals surface area contributed by atoms with Crippen molar-refractivity contribution in [2.24, 2.45) is 0 Å². The fraction of sp³-hybridized carbons (Fsp3) is 0.133. The van der Waals surface area contributed by atoms with E-state index in [0.29, 0.717) is 22.2 Å². The van der Waals surface area contributed by atoms with E-state index >= 15 is 0 Å². The summed E-state index contributed by atoms with van der Waals surface area (Å²) in [5, 5.41) is 11.8. The number of amides is 1. The highest BCUT2D eigenvalue weighted by atomic mass is 35.5. The zero-order valence-corrected chi connectivity index (χ0v) is 12.6. The molecule has 0 aliphatic carbocycles. The quantitative estimate of drug-likeness (QED) is 0.857. The first-order valence-electron chi connectivity index (χ1n) is 6.15. The molecule has 106 valence electrons. The number of thioether (sulfide) groups is 1. The summed E-state index contributed by atoms with van der Waals surface area (Å²) in [6, 6.07) is 12.7. The molecule has 0 unspecified atom stereocenters. The van der Waals surface area contributed by atoms with Crippen LogP contribution in [0.3, 0.4) is 0 Å². The summed E-state index contributed by atoms with van der Waals surface area (Å²) in [5.74, 6) is 0.979. The van der Waals surface area contributed by atoms with E-state index in [-0.39, 0.29) is 5.91 Å². The van der Waals surface area contributed by atoms with Crippen LogP contribution < -0.4 is 5.32 Å². The highest BCUT2D eigenvalue weighted by Crippen LogP contribution is 2.15. The molecule has 6 heteroatoms. The van der Waals surface area contributed by atoms with Crippen LogP contribution in [0.2, 0.25) is 5.15 Å². The van der Waals surface area contributed by atoms with Crippen LogP contribution in [0.5, 0.6) is 0 Å². The second kappa shape index (κ2) is 7.67. The average molecular weight is 318 g/mol. The molecule has 0 radical (unpaired) electrons. The lowest BCUT2D eigenvalue weighted by Gasteiger charge is -2.05. The Hall–Kier alpha value is -2.03. The van der Waals surface area contributed by atoms with E-state index in [1.807, 2.05) is 12.1 Å². The molecule has 4 nitrogen and oxygen atoms in total. The zero-order valence-electron chi connectivity index (χ0n) is 11.0. The highest BCUT2D eigenvalue weighted by Gasteiger charge is 2.04. The van der Waals surface area contributed by atoms with Crippen LogP contribution in [-0.2, 0) is 10.5 Å². The lowest BCUT2D eigenvalue weighted by molar-refractivity contribution is -0.113. The van der Waals surface area contributed by atoms with Crippen molar-refractivity contribution in [1.82, 2.24) is 4.98 Å². The third-order valence-electron chi connectivity index (χ3n) is 2.60. The number of nitrogens with zero attached hydrogens (tertiary/aromatic N) is 2. The topological polar surface area (TPSA) is 65.8 Å². The number of nitriles is 1. The van der Waals surface area contributed by atoms with Crippen molar-refractivity contribution in [3.05, 3.63) is 58.9 Å². The van der Waals surface area contributed by atoms with Crippen molar-refractivity contribution in [3.63, 3.8) is 0 Å². The third kappa shape index (κ3) is 5.10. The smallest absolute Gasteiger partial charge is 0.234 e. The maximum absolute atomic E-state index is 11.8. The number of benzene rings is 1. The first-order valence-corrected chi connectivity index (χ1v) is 7.69. The lowest BCUT2D eigenvalue weighted by atomic mass is 10.2. The number of aromatic nitrogens is 1. The molecule has 2 aromatic rings. The van der Waals surface area contributed by atoms with Crippen LogP contribution in [0, 0.1) is 11.3 Å². The van der Waals surface area contributed by atoms with E-state index in [4.69, 9.17) is 16.9 Å². The van der Waals surface area contributed by atoms with Gasteiger partial charge in [0.1, 0.15) is 5.15 Å². The Labute approximate surface area is 132 Å². The minimum Gasteiger partial charge on any atom is -0.325 e. The zero-order chi connectivity index (χ0) is 15.1. The molecule has 1 N–H and O–H groups in total. The van der Waals surface area contributed by atoms with Gasteiger partial charge in [-0.15, -0.1) is 11.8 Å². The molecule has 0 spiro atoms. The number of hydrogen-bond donors (Lipinski definition) is 1. The van der Waals surface area contributed by atoms with Crippen LogP contribution in [0.1, 0.15) is 11.1 Å². The van der Waals surface area contributed by atoms with Crippen LogP contribution in [0.25, 0.3) is 0 Å². The molecule has 0 aliphatic rings. The monoisotopic (exact) mass is 317 g/mol. The first-order chi connectivity index (χ1) is 10.2. The Morgan fingerprint density at radius 3 is 2.76 bits per heavy atom. The second-order valence-corrected chi connectivity index (χ2v) is 5.59. The van der Waals surface area contributed by atoms with Crippen LogP contribution in [-0.4, -0.2) is 16.6 Å². The molecule has 1 aromatic heterocycles. The number of pyridine rings is 1. The maximum Gasteiger partial charge on any atom is 0.234 e. The van der Waals surface area contributed by atoms with E-state index in [1.54, 1.807) is 30.5 Å². The average Bonchev–Trinajstić information content (AvgIpc) is 2.48. The van der Waals surface area contributed by atoms with Crippen LogP contribution in [0.15, 0.2) is 42.6 Å². The molecule has 0 saturated carbocycles. The molecule has 2 rings (SSSR count). The van der Waals surface area contributed by atoms with E-state index < -0.39 is 0 Å². The standard InChI is InChI=1S/C15H12ClN3OS/c16-14-7-13(5-6-18-14)19-15(20)10-21-9-12-3-1-11(8-17)2-4-12/h1-7H,9-10H2,(H,18,19,20). The van der Waals surface area contributed by atoms with Gasteiger partial charge in [0, 0.05) is 17.6 Å². The molecule has 21 heavy (non-hydrogen) atoms. The van der Waals surface area contributed by atoms with Crippen molar-refractivity contribution in [1.29, 1.82) is 5.26 Å². The molecular formula is C15H12ClN3OS. The molecule has 0 atom stereocenters. The predicted octanol–water partition coefficient (Wildman–Crippen LogP) is 3.48. The fourth-order valence-electron chi connectivity index (χ4n) is 1.61. The molecule has 1 amide bonds. The number of nitrogens with one attached hydrogen (secondary N) is 1. The Balaban J connectivity index is 1.77. The van der Waals surface area contributed by atoms with Crippen molar-refractivity contribution in [3.8, 4) is 6.07 Å². The molecule has 1 aromatic carbocycles. The summed E-state index contributed by atoms with van der Waals surface area (Å²) in [5.41, 5.74) is 2.36. The van der Waals surface area contributed by atoms with Gasteiger partial charge in [0.25, 0.3) is 0 Å². The van der Waals surface area contributed by atoms with Gasteiger partial charge in [-0.3, -0.25) is 4.79 Å². The Morgan fingerprint density at radius 2 is 2.10 bits per heavy atom. The lowest BCUT2D eigenvalue weighted by Crippen LogP contribution is -2.14. The summed E-state index contributed by atoms with van der Waals surface area (Å²) in [6.45, 7) is 0. The molecule has 0 aliphatic heterocycles. The Bertz CT molecular complexity index is 667. The summed E-state index contributed by atoms with van der Waals surface area (Å²) in [7, 11) is 0. The molecule has 0 fully saturated rings. The predicted molar refractivity (Wildman–Crippen MR) is 85.2 cm³/mol. The number of rotatable bonds is 5. The Kier molecular flexibility index (Phi) is 5.61. The normalized spacial score (nSPS) is 9.90. The second-order valence-electron chi connectivity index (χ2n) is 4.22. The minimum absolute atomic E-state index is 0.0871. The van der Waals surface area contributed by atoms with Gasteiger partial charge in [-0.05, 0) is 29.8 Å². The molecule has 1 heterocycles. The maximum atomic E-state index is 11.8. The van der Waals surface area contributed by atoms with E-state index in [9.17, 15) is 4.79 Å². The molecule has 0 bridgehead atoms. The largest absolute Gasteiger partial charge is 0.325 e. The van der Waals surface area contributed by atoms with Crippen molar-refractivity contribution in [2.45, 2.75) is 5.75 Å². The van der Waals surface area contributed by atoms with Crippen LogP contribution in [0.4, 0.5) is 5.69 Å². The number of halogens is 1. The van der Waals surface area contributed by atoms with Crippen molar-refractivity contribution in [2.75, 3.05) is 11.1 Å². The molecule has 0 saturated heterocycles. The van der Waals surface area contributed by atoms with Gasteiger partial charge in [0.05, 0.1) is 17.4 Å². The van der Waals surface area contributed by atoms with Gasteiger partial charge >= 0.3 is 0 Å². The van der Waals surface area contributed by atoms with Gasteiger partial charge in [-0.1, -0.05) is 23.7 Å². The summed E-state index contributed by atoms with van der Waals surface area (Å²) in [6.07, 6.45) is 1.54. The van der Waals surface area contributed by atoms with Crippen molar-refractivity contribution < 1.29 is 4.79 Å². The number of carbonyl (C=O) groups is 1.